The highest BCUT2D eigenvalue weighted by Gasteiger charge is 2.32. The Balaban J connectivity index is 2.28. The van der Waals surface area contributed by atoms with Crippen LogP contribution in [0.4, 0.5) is 0 Å². The topological polar surface area (TPSA) is 37.4 Å². The second-order valence-electron chi connectivity index (χ2n) is 3.79. The van der Waals surface area contributed by atoms with Gasteiger partial charge < -0.3 is 0 Å². The van der Waals surface area contributed by atoms with Gasteiger partial charge in [0.05, 0.1) is 0 Å². The lowest BCUT2D eigenvalue weighted by molar-refractivity contribution is -0.133. The standard InChI is InChI=1S/C12H11NO2S/c1-8-2-4-9(5-3-8)12(16)13-10(14)6-7-11(13)15/h2-5H,6-7H2,1H3. The minimum atomic E-state index is -0.199. The predicted octanol–water partition coefficient (Wildman–Crippen LogP) is 1.82. The average Bonchev–Trinajstić information content (AvgIpc) is 2.59. The van der Waals surface area contributed by atoms with Gasteiger partial charge in [-0.05, 0) is 6.92 Å². The number of rotatable bonds is 1. The van der Waals surface area contributed by atoms with Crippen molar-refractivity contribution in [2.75, 3.05) is 0 Å². The number of carbonyl (C=O) groups is 2. The van der Waals surface area contributed by atoms with Crippen LogP contribution in [0.2, 0.25) is 0 Å². The van der Waals surface area contributed by atoms with Crippen LogP contribution >= 0.6 is 12.2 Å². The van der Waals surface area contributed by atoms with Crippen LogP contribution in [0, 0.1) is 6.92 Å². The summed E-state index contributed by atoms with van der Waals surface area (Å²) in [6.07, 6.45) is 0.537. The van der Waals surface area contributed by atoms with Gasteiger partial charge in [-0.1, -0.05) is 42.0 Å². The second kappa shape index (κ2) is 4.14. The lowest BCUT2D eigenvalue weighted by atomic mass is 10.1. The van der Waals surface area contributed by atoms with Crippen molar-refractivity contribution in [3.63, 3.8) is 0 Å². The fourth-order valence-electron chi connectivity index (χ4n) is 1.63. The fourth-order valence-corrected chi connectivity index (χ4v) is 1.97. The van der Waals surface area contributed by atoms with Crippen molar-refractivity contribution in [1.82, 2.24) is 4.90 Å². The molecule has 1 fully saturated rings. The average molecular weight is 233 g/mol. The van der Waals surface area contributed by atoms with Gasteiger partial charge >= 0.3 is 0 Å². The first-order valence-electron chi connectivity index (χ1n) is 5.06. The third-order valence-electron chi connectivity index (χ3n) is 2.55. The minimum Gasteiger partial charge on any atom is -0.274 e. The van der Waals surface area contributed by atoms with Crippen LogP contribution in [0.25, 0.3) is 0 Å². The van der Waals surface area contributed by atoms with E-state index in [4.69, 9.17) is 12.2 Å². The highest BCUT2D eigenvalue weighted by molar-refractivity contribution is 7.80. The number of imide groups is 1. The summed E-state index contributed by atoms with van der Waals surface area (Å²) in [7, 11) is 0. The minimum absolute atomic E-state index is 0.199. The lowest BCUT2D eigenvalue weighted by Gasteiger charge is -2.14. The van der Waals surface area contributed by atoms with Crippen LogP contribution in [-0.2, 0) is 9.59 Å². The highest BCUT2D eigenvalue weighted by atomic mass is 32.1. The molecule has 82 valence electrons. The molecule has 0 spiro atoms. The molecule has 0 saturated carbocycles. The van der Waals surface area contributed by atoms with Crippen molar-refractivity contribution in [3.05, 3.63) is 35.4 Å². The van der Waals surface area contributed by atoms with Crippen molar-refractivity contribution >= 4 is 29.0 Å². The molecule has 0 N–H and O–H groups in total. The Hall–Kier alpha value is -1.55. The molecule has 1 saturated heterocycles. The molecule has 4 heteroatoms. The van der Waals surface area contributed by atoms with Gasteiger partial charge in [0.1, 0.15) is 4.99 Å². The molecule has 1 aromatic rings. The monoisotopic (exact) mass is 233 g/mol. The van der Waals surface area contributed by atoms with Gasteiger partial charge in [-0.3, -0.25) is 9.59 Å². The molecule has 0 unspecified atom stereocenters. The Bertz CT molecular complexity index is 448. The van der Waals surface area contributed by atoms with Gasteiger partial charge in [-0.15, -0.1) is 0 Å². The number of hydrogen-bond acceptors (Lipinski definition) is 3. The number of carbonyl (C=O) groups excluding carboxylic acids is 2. The normalized spacial score (nSPS) is 15.7. The van der Waals surface area contributed by atoms with Gasteiger partial charge in [0, 0.05) is 18.4 Å². The van der Waals surface area contributed by atoms with E-state index in [1.807, 2.05) is 31.2 Å². The van der Waals surface area contributed by atoms with E-state index in [1.165, 1.54) is 0 Å². The predicted molar refractivity (Wildman–Crippen MR) is 64.0 cm³/mol. The first-order chi connectivity index (χ1) is 7.59. The molecule has 0 atom stereocenters. The third-order valence-corrected chi connectivity index (χ3v) is 2.97. The lowest BCUT2D eigenvalue weighted by Crippen LogP contribution is -2.34. The van der Waals surface area contributed by atoms with E-state index in [-0.39, 0.29) is 24.7 Å². The summed E-state index contributed by atoms with van der Waals surface area (Å²) in [6, 6.07) is 7.48. The molecule has 1 aliphatic heterocycles. The number of hydrogen-bond donors (Lipinski definition) is 0. The molecule has 2 amide bonds. The molecule has 0 aliphatic carbocycles. The zero-order valence-electron chi connectivity index (χ0n) is 8.90. The second-order valence-corrected chi connectivity index (χ2v) is 4.18. The summed E-state index contributed by atoms with van der Waals surface area (Å²) >= 11 is 5.16. The van der Waals surface area contributed by atoms with E-state index in [9.17, 15) is 9.59 Å². The molecule has 2 rings (SSSR count). The van der Waals surface area contributed by atoms with E-state index in [0.717, 1.165) is 16.0 Å². The van der Waals surface area contributed by atoms with Crippen molar-refractivity contribution in [3.8, 4) is 0 Å². The smallest absolute Gasteiger partial charge is 0.234 e. The molecule has 0 bridgehead atoms. The van der Waals surface area contributed by atoms with Crippen LogP contribution in [0.5, 0.6) is 0 Å². The van der Waals surface area contributed by atoms with Crippen molar-refractivity contribution in [2.45, 2.75) is 19.8 Å². The molecule has 1 aromatic carbocycles. The van der Waals surface area contributed by atoms with Crippen LogP contribution in [-0.4, -0.2) is 21.7 Å². The first-order valence-corrected chi connectivity index (χ1v) is 5.47. The summed E-state index contributed by atoms with van der Waals surface area (Å²) in [6.45, 7) is 1.97. The van der Waals surface area contributed by atoms with Crippen molar-refractivity contribution in [1.29, 1.82) is 0 Å². The van der Waals surface area contributed by atoms with E-state index in [2.05, 4.69) is 0 Å². The van der Waals surface area contributed by atoms with Crippen LogP contribution < -0.4 is 0 Å². The molecule has 3 nitrogen and oxygen atoms in total. The SMILES string of the molecule is Cc1ccc(C(=S)N2C(=O)CCC2=O)cc1. The maximum absolute atomic E-state index is 11.5. The number of thiocarbonyl (C=S) groups is 1. The third kappa shape index (κ3) is 1.88. The summed E-state index contributed by atoms with van der Waals surface area (Å²) in [4.78, 5) is 24.4. The van der Waals surface area contributed by atoms with E-state index >= 15 is 0 Å². The van der Waals surface area contributed by atoms with E-state index in [0.29, 0.717) is 4.99 Å². The first kappa shape index (κ1) is 11.0. The Kier molecular flexibility index (Phi) is 2.83. The van der Waals surface area contributed by atoms with Gasteiger partial charge in [-0.2, -0.15) is 0 Å². The number of nitrogens with zero attached hydrogens (tertiary/aromatic N) is 1. The fraction of sp³-hybridized carbons (Fsp3) is 0.250. The number of aryl methyl sites for hydroxylation is 1. The number of amides is 2. The molecule has 1 aliphatic rings. The highest BCUT2D eigenvalue weighted by Crippen LogP contribution is 2.17. The van der Waals surface area contributed by atoms with Gasteiger partial charge in [0.25, 0.3) is 0 Å². The molecule has 0 radical (unpaired) electrons. The van der Waals surface area contributed by atoms with Gasteiger partial charge in [-0.25, -0.2) is 4.90 Å². The van der Waals surface area contributed by atoms with Crippen LogP contribution in [0.15, 0.2) is 24.3 Å². The Morgan fingerprint density at radius 1 is 1.12 bits per heavy atom. The largest absolute Gasteiger partial charge is 0.274 e. The van der Waals surface area contributed by atoms with Crippen molar-refractivity contribution < 1.29 is 9.59 Å². The molecule has 16 heavy (non-hydrogen) atoms. The van der Waals surface area contributed by atoms with Crippen molar-refractivity contribution in [2.24, 2.45) is 0 Å². The molecular formula is C12H11NO2S. The Labute approximate surface area is 99.1 Å². The molecule has 1 heterocycles. The summed E-state index contributed by atoms with van der Waals surface area (Å²) in [5.74, 6) is -0.397. The maximum atomic E-state index is 11.5. The Morgan fingerprint density at radius 2 is 1.62 bits per heavy atom. The quantitative estimate of drug-likeness (QED) is 0.548. The van der Waals surface area contributed by atoms with Gasteiger partial charge in [0.15, 0.2) is 0 Å². The summed E-state index contributed by atoms with van der Waals surface area (Å²) < 4.78 is 0. The van der Waals surface area contributed by atoms with Gasteiger partial charge in [0.2, 0.25) is 11.8 Å². The zero-order chi connectivity index (χ0) is 11.7. The number of likely N-dealkylation sites (tertiary alicyclic amines) is 1. The molecular weight excluding hydrogens is 222 g/mol. The molecule has 0 aromatic heterocycles. The maximum Gasteiger partial charge on any atom is 0.234 e. The Morgan fingerprint density at radius 3 is 2.12 bits per heavy atom. The zero-order valence-corrected chi connectivity index (χ0v) is 9.71. The summed E-state index contributed by atoms with van der Waals surface area (Å²) in [5.41, 5.74) is 1.86. The van der Waals surface area contributed by atoms with Crippen LogP contribution in [0.3, 0.4) is 0 Å². The number of benzene rings is 1. The summed E-state index contributed by atoms with van der Waals surface area (Å²) in [5, 5.41) is 0. The van der Waals surface area contributed by atoms with Crippen LogP contribution in [0.1, 0.15) is 24.0 Å². The van der Waals surface area contributed by atoms with E-state index in [1.54, 1.807) is 0 Å². The van der Waals surface area contributed by atoms with E-state index < -0.39 is 0 Å².